The van der Waals surface area contributed by atoms with Crippen LogP contribution in [0.3, 0.4) is 0 Å². The molecule has 0 saturated heterocycles. The van der Waals surface area contributed by atoms with Crippen LogP contribution in [0.4, 0.5) is 0 Å². The van der Waals surface area contributed by atoms with Crippen molar-refractivity contribution in [2.45, 2.75) is 141 Å². The number of nitriles is 1. The van der Waals surface area contributed by atoms with Gasteiger partial charge in [0.1, 0.15) is 11.9 Å². The Kier molecular flexibility index (Phi) is 11.0. The zero-order chi connectivity index (χ0) is 33.2. The third kappa shape index (κ3) is 7.43. The molecule has 1 fully saturated rings. The molecular weight excluding hydrogens is 538 g/mol. The number of nitrogens with zero attached hydrogens (tertiary/aromatic N) is 1. The van der Waals surface area contributed by atoms with Crippen molar-refractivity contribution in [1.29, 1.82) is 5.26 Å². The first-order valence-electron chi connectivity index (χ1n) is 16.3. The Hall–Kier alpha value is -2.49. The van der Waals surface area contributed by atoms with Crippen LogP contribution in [0.15, 0.2) is 11.6 Å². The molecule has 7 heteroatoms. The first-order chi connectivity index (χ1) is 19.5. The zero-order valence-corrected chi connectivity index (χ0v) is 29.2. The molecule has 2 N–H and O–H groups in total. The number of carbonyl (C=O) groups is 4. The van der Waals surface area contributed by atoms with Crippen molar-refractivity contribution in [1.82, 2.24) is 10.9 Å². The highest BCUT2D eigenvalue weighted by Crippen LogP contribution is 2.68. The summed E-state index contributed by atoms with van der Waals surface area (Å²) in [7, 11) is 0. The minimum atomic E-state index is -0.703. The summed E-state index contributed by atoms with van der Waals surface area (Å²) in [5.41, 5.74) is 2.98. The summed E-state index contributed by atoms with van der Waals surface area (Å²) in [6.07, 6.45) is 9.05. The van der Waals surface area contributed by atoms with Gasteiger partial charge in [0.25, 0.3) is 0 Å². The van der Waals surface area contributed by atoms with Crippen LogP contribution in [0, 0.1) is 55.7 Å². The van der Waals surface area contributed by atoms with Gasteiger partial charge in [-0.3, -0.25) is 25.2 Å². The minimum Gasteiger partial charge on any atom is -0.300 e. The fourth-order valence-corrected chi connectivity index (χ4v) is 8.64. The first kappa shape index (κ1) is 36.7. The summed E-state index contributed by atoms with van der Waals surface area (Å²) in [6.45, 7) is 24.6. The molecule has 0 bridgehead atoms. The Bertz CT molecular complexity index is 1180. The van der Waals surface area contributed by atoms with Gasteiger partial charge in [0, 0.05) is 24.2 Å². The lowest BCUT2D eigenvalue weighted by molar-refractivity contribution is -0.156. The SMILES string of the molecule is CCCC(C)(C)CC[C@@](C)(CCC(C)(C)[C@]1(C)CC[C@H]2C(C)(C)C(=O)C(C#N)=C[C@]2(C)[C@H]1CC(C)=O)C(=O)NNC(C)=O. The van der Waals surface area contributed by atoms with Gasteiger partial charge in [0.2, 0.25) is 11.8 Å². The average molecular weight is 598 g/mol. The molecule has 0 radical (unpaired) electrons. The molecule has 242 valence electrons. The van der Waals surface area contributed by atoms with Crippen molar-refractivity contribution < 1.29 is 19.2 Å². The maximum absolute atomic E-state index is 13.6. The van der Waals surface area contributed by atoms with E-state index in [-0.39, 0.29) is 57.0 Å². The number of amides is 2. The van der Waals surface area contributed by atoms with Gasteiger partial charge >= 0.3 is 0 Å². The molecule has 0 spiro atoms. The molecule has 2 amide bonds. The van der Waals surface area contributed by atoms with Gasteiger partial charge in [-0.1, -0.05) is 81.7 Å². The molecule has 43 heavy (non-hydrogen) atoms. The number of hydrogen-bond donors (Lipinski definition) is 2. The Labute approximate surface area is 261 Å². The number of fused-ring (bicyclic) bond motifs is 1. The van der Waals surface area contributed by atoms with Crippen molar-refractivity contribution >= 4 is 23.4 Å². The largest absolute Gasteiger partial charge is 0.300 e. The number of hydrogen-bond acceptors (Lipinski definition) is 5. The highest BCUT2D eigenvalue weighted by molar-refractivity contribution is 6.04. The maximum Gasteiger partial charge on any atom is 0.244 e. The van der Waals surface area contributed by atoms with Crippen LogP contribution in [0.2, 0.25) is 0 Å². The van der Waals surface area contributed by atoms with Crippen LogP contribution >= 0.6 is 0 Å². The van der Waals surface area contributed by atoms with Crippen LogP contribution < -0.4 is 10.9 Å². The van der Waals surface area contributed by atoms with Crippen LogP contribution in [0.5, 0.6) is 0 Å². The highest BCUT2D eigenvalue weighted by atomic mass is 16.2. The molecular formula is C36H59N3O4. The summed E-state index contributed by atoms with van der Waals surface area (Å²) < 4.78 is 0. The van der Waals surface area contributed by atoms with Crippen LogP contribution in [0.25, 0.3) is 0 Å². The molecule has 0 heterocycles. The van der Waals surface area contributed by atoms with Crippen molar-refractivity contribution in [2.24, 2.45) is 44.3 Å². The summed E-state index contributed by atoms with van der Waals surface area (Å²) in [6, 6.07) is 2.17. The number of nitrogens with one attached hydrogen (secondary N) is 2. The Morgan fingerprint density at radius 3 is 2.05 bits per heavy atom. The Morgan fingerprint density at radius 2 is 1.53 bits per heavy atom. The van der Waals surface area contributed by atoms with Gasteiger partial charge in [-0.05, 0) is 85.4 Å². The molecule has 2 aliphatic carbocycles. The van der Waals surface area contributed by atoms with Crippen molar-refractivity contribution in [3.05, 3.63) is 11.6 Å². The molecule has 5 atom stereocenters. The average Bonchev–Trinajstić information content (AvgIpc) is 2.89. The molecule has 0 unspecified atom stereocenters. The standard InChI is InChI=1S/C36H59N3O4/c1-13-15-31(4,5)17-19-34(10,30(43)39-38-25(3)41)20-18-32(6,7)36(12)16-14-27-33(8,9)29(42)26(23-37)22-35(27,11)28(36)21-24(2)40/h22,27-28H,13-21H2,1-12H3,(H,38,41)(H,39,43)/t27-,28+,34-,35-,36+/m0/s1. The van der Waals surface area contributed by atoms with Crippen molar-refractivity contribution in [3.8, 4) is 6.07 Å². The third-order valence-corrected chi connectivity index (χ3v) is 12.0. The topological polar surface area (TPSA) is 116 Å². The van der Waals surface area contributed by atoms with E-state index in [1.54, 1.807) is 6.92 Å². The fraction of sp³-hybridized carbons (Fsp3) is 0.806. The number of Topliss-reactive ketones (excluding diaryl/α,β-unsaturated/α-hetero) is 2. The van der Waals surface area contributed by atoms with E-state index in [0.717, 1.165) is 38.5 Å². The van der Waals surface area contributed by atoms with Crippen molar-refractivity contribution in [3.63, 3.8) is 0 Å². The molecule has 2 rings (SSSR count). The minimum absolute atomic E-state index is 0.0207. The lowest BCUT2D eigenvalue weighted by Crippen LogP contribution is -2.60. The van der Waals surface area contributed by atoms with Gasteiger partial charge in [0.15, 0.2) is 5.78 Å². The predicted octanol–water partition coefficient (Wildman–Crippen LogP) is 7.65. The van der Waals surface area contributed by atoms with Crippen LogP contribution in [0.1, 0.15) is 141 Å². The van der Waals surface area contributed by atoms with Gasteiger partial charge in [-0.2, -0.15) is 5.26 Å². The normalized spacial score (nSPS) is 28.5. The maximum atomic E-state index is 13.6. The zero-order valence-electron chi connectivity index (χ0n) is 29.2. The second kappa shape index (κ2) is 12.9. The molecule has 0 aliphatic heterocycles. The summed E-state index contributed by atoms with van der Waals surface area (Å²) in [5.74, 6) is -0.550. The molecule has 0 aromatic heterocycles. The fourth-order valence-electron chi connectivity index (χ4n) is 8.64. The molecule has 7 nitrogen and oxygen atoms in total. The van der Waals surface area contributed by atoms with E-state index in [1.165, 1.54) is 6.92 Å². The van der Waals surface area contributed by atoms with E-state index in [1.807, 2.05) is 26.8 Å². The monoisotopic (exact) mass is 597 g/mol. The first-order valence-corrected chi connectivity index (χ1v) is 16.3. The molecule has 2 aliphatic rings. The molecule has 1 saturated carbocycles. The number of hydrazine groups is 1. The smallest absolute Gasteiger partial charge is 0.244 e. The van der Waals surface area contributed by atoms with Gasteiger partial charge in [-0.15, -0.1) is 0 Å². The van der Waals surface area contributed by atoms with E-state index >= 15 is 0 Å². The van der Waals surface area contributed by atoms with E-state index < -0.39 is 16.2 Å². The summed E-state index contributed by atoms with van der Waals surface area (Å²) in [4.78, 5) is 51.4. The third-order valence-electron chi connectivity index (χ3n) is 12.0. The number of ketones is 2. The van der Waals surface area contributed by atoms with E-state index in [0.29, 0.717) is 19.3 Å². The second-order valence-corrected chi connectivity index (χ2v) is 16.5. The summed E-state index contributed by atoms with van der Waals surface area (Å²) in [5, 5.41) is 9.93. The van der Waals surface area contributed by atoms with E-state index in [2.05, 4.69) is 65.4 Å². The molecule has 0 aromatic carbocycles. The lowest BCUT2D eigenvalue weighted by Gasteiger charge is -2.64. The summed E-state index contributed by atoms with van der Waals surface area (Å²) >= 11 is 0. The number of allylic oxidation sites excluding steroid dienone is 2. The number of carbonyl (C=O) groups excluding carboxylic acids is 4. The van der Waals surface area contributed by atoms with Crippen LogP contribution in [-0.2, 0) is 19.2 Å². The lowest BCUT2D eigenvalue weighted by atomic mass is 9.39. The number of rotatable bonds is 12. The predicted molar refractivity (Wildman–Crippen MR) is 171 cm³/mol. The van der Waals surface area contributed by atoms with Gasteiger partial charge in [0.05, 0.1) is 5.57 Å². The Morgan fingerprint density at radius 1 is 0.953 bits per heavy atom. The van der Waals surface area contributed by atoms with E-state index in [9.17, 15) is 24.4 Å². The molecule has 0 aromatic rings. The van der Waals surface area contributed by atoms with Gasteiger partial charge < -0.3 is 4.79 Å². The highest BCUT2D eigenvalue weighted by Gasteiger charge is 2.63. The second-order valence-electron chi connectivity index (χ2n) is 16.5. The Balaban J connectivity index is 2.52. The van der Waals surface area contributed by atoms with E-state index in [4.69, 9.17) is 0 Å². The van der Waals surface area contributed by atoms with Crippen LogP contribution in [-0.4, -0.2) is 23.4 Å². The quantitative estimate of drug-likeness (QED) is 0.224. The van der Waals surface area contributed by atoms with Crippen molar-refractivity contribution in [2.75, 3.05) is 0 Å². The van der Waals surface area contributed by atoms with Gasteiger partial charge in [-0.25, -0.2) is 0 Å².